The summed E-state index contributed by atoms with van der Waals surface area (Å²) in [6.45, 7) is 2.94. The Morgan fingerprint density at radius 1 is 0.966 bits per heavy atom. The standard InChI is InChI=1S/C22H26N2O5/c1-14(19(25)23-11-5-6-12-23)29-22(28)15-9-10-17-18(13-15)21(27)24(20(17)26)16-7-3-2-4-8-16/h9-10,13-14,16H,2-8,11-12H2,1H3. The molecular formula is C22H26N2O5. The minimum Gasteiger partial charge on any atom is -0.449 e. The van der Waals surface area contributed by atoms with Crippen molar-refractivity contribution >= 4 is 23.7 Å². The molecule has 154 valence electrons. The van der Waals surface area contributed by atoms with Crippen molar-refractivity contribution in [3.63, 3.8) is 0 Å². The number of nitrogens with zero attached hydrogens (tertiary/aromatic N) is 2. The number of carbonyl (C=O) groups excluding carboxylic acids is 4. The van der Waals surface area contributed by atoms with Crippen LogP contribution in [-0.2, 0) is 9.53 Å². The molecule has 3 aliphatic rings. The van der Waals surface area contributed by atoms with Gasteiger partial charge in [-0.05, 0) is 50.8 Å². The first-order valence-electron chi connectivity index (χ1n) is 10.5. The van der Waals surface area contributed by atoms with Crippen molar-refractivity contribution in [2.45, 2.75) is 64.0 Å². The van der Waals surface area contributed by atoms with Crippen LogP contribution >= 0.6 is 0 Å². The predicted octanol–water partition coefficient (Wildman–Crippen LogP) is 2.78. The summed E-state index contributed by atoms with van der Waals surface area (Å²) >= 11 is 0. The molecule has 1 aliphatic carbocycles. The number of hydrogen-bond acceptors (Lipinski definition) is 5. The van der Waals surface area contributed by atoms with Gasteiger partial charge in [-0.1, -0.05) is 19.3 Å². The zero-order valence-corrected chi connectivity index (χ0v) is 16.7. The maximum Gasteiger partial charge on any atom is 0.338 e. The van der Waals surface area contributed by atoms with Crippen LogP contribution < -0.4 is 0 Å². The number of likely N-dealkylation sites (tertiary alicyclic amines) is 1. The van der Waals surface area contributed by atoms with Crippen molar-refractivity contribution in [3.05, 3.63) is 34.9 Å². The summed E-state index contributed by atoms with van der Waals surface area (Å²) in [5.41, 5.74) is 0.753. The van der Waals surface area contributed by atoms with Gasteiger partial charge in [-0.3, -0.25) is 19.3 Å². The summed E-state index contributed by atoms with van der Waals surface area (Å²) < 4.78 is 5.34. The molecule has 0 N–H and O–H groups in total. The van der Waals surface area contributed by atoms with Gasteiger partial charge in [-0.25, -0.2) is 4.79 Å². The topological polar surface area (TPSA) is 84.0 Å². The van der Waals surface area contributed by atoms with Gasteiger partial charge in [0.2, 0.25) is 0 Å². The lowest BCUT2D eigenvalue weighted by molar-refractivity contribution is -0.138. The molecule has 2 heterocycles. The van der Waals surface area contributed by atoms with Gasteiger partial charge in [0.15, 0.2) is 6.10 Å². The molecule has 1 saturated carbocycles. The van der Waals surface area contributed by atoms with E-state index in [0.29, 0.717) is 18.7 Å². The lowest BCUT2D eigenvalue weighted by atomic mass is 9.94. The van der Waals surface area contributed by atoms with Crippen LogP contribution in [0.25, 0.3) is 0 Å². The second-order valence-electron chi connectivity index (χ2n) is 8.11. The van der Waals surface area contributed by atoms with Gasteiger partial charge in [-0.2, -0.15) is 0 Å². The van der Waals surface area contributed by atoms with E-state index in [1.54, 1.807) is 11.8 Å². The fourth-order valence-corrected chi connectivity index (χ4v) is 4.53. The highest BCUT2D eigenvalue weighted by molar-refractivity contribution is 6.22. The number of benzene rings is 1. The highest BCUT2D eigenvalue weighted by Crippen LogP contribution is 2.31. The van der Waals surface area contributed by atoms with E-state index in [1.807, 2.05) is 0 Å². The molecular weight excluding hydrogens is 372 g/mol. The van der Waals surface area contributed by atoms with E-state index >= 15 is 0 Å². The monoisotopic (exact) mass is 398 g/mol. The van der Waals surface area contributed by atoms with Gasteiger partial charge in [0.1, 0.15) is 0 Å². The minimum atomic E-state index is -0.884. The number of amides is 3. The molecule has 4 rings (SSSR count). The first kappa shape index (κ1) is 19.6. The Kier molecular flexibility index (Phi) is 5.39. The maximum atomic E-state index is 12.9. The van der Waals surface area contributed by atoms with E-state index in [9.17, 15) is 19.2 Å². The SMILES string of the molecule is CC(OC(=O)c1ccc2c(c1)C(=O)N(C1CCCCC1)C2=O)C(=O)N1CCCC1. The zero-order valence-electron chi connectivity index (χ0n) is 16.7. The molecule has 1 aromatic rings. The summed E-state index contributed by atoms with van der Waals surface area (Å²) in [4.78, 5) is 53.6. The summed E-state index contributed by atoms with van der Waals surface area (Å²) in [5, 5.41) is 0. The van der Waals surface area contributed by atoms with E-state index in [1.165, 1.54) is 23.1 Å². The van der Waals surface area contributed by atoms with E-state index in [0.717, 1.165) is 44.9 Å². The van der Waals surface area contributed by atoms with E-state index < -0.39 is 12.1 Å². The highest BCUT2D eigenvalue weighted by Gasteiger charge is 2.40. The number of imide groups is 1. The lowest BCUT2D eigenvalue weighted by Crippen LogP contribution is -2.40. The maximum absolute atomic E-state index is 12.9. The lowest BCUT2D eigenvalue weighted by Gasteiger charge is -2.29. The first-order valence-corrected chi connectivity index (χ1v) is 10.5. The molecule has 0 radical (unpaired) electrons. The van der Waals surface area contributed by atoms with E-state index in [2.05, 4.69) is 0 Å². The smallest absolute Gasteiger partial charge is 0.338 e. The van der Waals surface area contributed by atoms with Gasteiger partial charge in [0.25, 0.3) is 17.7 Å². The van der Waals surface area contributed by atoms with Crippen LogP contribution in [0, 0.1) is 0 Å². The Hall–Kier alpha value is -2.70. The molecule has 3 amide bonds. The fraction of sp³-hybridized carbons (Fsp3) is 0.545. The van der Waals surface area contributed by atoms with Crippen molar-refractivity contribution in [3.8, 4) is 0 Å². The van der Waals surface area contributed by atoms with Crippen LogP contribution in [0.4, 0.5) is 0 Å². The number of fused-ring (bicyclic) bond motifs is 1. The molecule has 1 atom stereocenters. The summed E-state index contributed by atoms with van der Waals surface area (Å²) in [6.07, 6.45) is 5.86. The van der Waals surface area contributed by atoms with Crippen molar-refractivity contribution < 1.29 is 23.9 Å². The Balaban J connectivity index is 1.48. The molecule has 0 spiro atoms. The number of ether oxygens (including phenoxy) is 1. The van der Waals surface area contributed by atoms with Crippen LogP contribution in [0.1, 0.15) is 82.9 Å². The minimum absolute atomic E-state index is 0.0651. The highest BCUT2D eigenvalue weighted by atomic mass is 16.5. The van der Waals surface area contributed by atoms with E-state index in [4.69, 9.17) is 4.74 Å². The van der Waals surface area contributed by atoms with Gasteiger partial charge in [0, 0.05) is 19.1 Å². The molecule has 2 aliphatic heterocycles. The van der Waals surface area contributed by atoms with Crippen molar-refractivity contribution in [1.29, 1.82) is 0 Å². The summed E-state index contributed by atoms with van der Waals surface area (Å²) in [7, 11) is 0. The Bertz CT molecular complexity index is 853. The molecule has 0 bridgehead atoms. The number of carbonyl (C=O) groups is 4. The number of esters is 1. The second-order valence-corrected chi connectivity index (χ2v) is 8.11. The summed E-state index contributed by atoms with van der Waals surface area (Å²) in [6, 6.07) is 4.36. The van der Waals surface area contributed by atoms with E-state index in [-0.39, 0.29) is 34.9 Å². The third-order valence-electron chi connectivity index (χ3n) is 6.14. The Labute approximate surface area is 170 Å². The fourth-order valence-electron chi connectivity index (χ4n) is 4.53. The van der Waals surface area contributed by atoms with Gasteiger partial charge in [0.05, 0.1) is 16.7 Å². The Morgan fingerprint density at radius 2 is 1.62 bits per heavy atom. The third-order valence-corrected chi connectivity index (χ3v) is 6.14. The number of hydrogen-bond donors (Lipinski definition) is 0. The zero-order chi connectivity index (χ0) is 20.5. The van der Waals surface area contributed by atoms with Crippen molar-refractivity contribution in [1.82, 2.24) is 9.80 Å². The van der Waals surface area contributed by atoms with Crippen molar-refractivity contribution in [2.75, 3.05) is 13.1 Å². The molecule has 1 aromatic carbocycles. The largest absolute Gasteiger partial charge is 0.449 e. The first-order chi connectivity index (χ1) is 14.0. The van der Waals surface area contributed by atoms with Gasteiger partial charge < -0.3 is 9.64 Å². The Morgan fingerprint density at radius 3 is 2.31 bits per heavy atom. The molecule has 1 unspecified atom stereocenters. The molecule has 29 heavy (non-hydrogen) atoms. The van der Waals surface area contributed by atoms with Crippen molar-refractivity contribution in [2.24, 2.45) is 0 Å². The molecule has 0 aromatic heterocycles. The quantitative estimate of drug-likeness (QED) is 0.575. The molecule has 2 fully saturated rings. The van der Waals surface area contributed by atoms with Crippen LogP contribution in [0.5, 0.6) is 0 Å². The number of rotatable bonds is 4. The molecule has 7 nitrogen and oxygen atoms in total. The van der Waals surface area contributed by atoms with Crippen LogP contribution in [0.3, 0.4) is 0 Å². The third kappa shape index (κ3) is 3.66. The predicted molar refractivity (Wildman–Crippen MR) is 105 cm³/mol. The van der Waals surface area contributed by atoms with Gasteiger partial charge in [-0.15, -0.1) is 0 Å². The average Bonchev–Trinajstić information content (AvgIpc) is 3.35. The second kappa shape index (κ2) is 7.97. The van der Waals surface area contributed by atoms with Crippen LogP contribution in [0.2, 0.25) is 0 Å². The van der Waals surface area contributed by atoms with Gasteiger partial charge >= 0.3 is 5.97 Å². The molecule has 1 saturated heterocycles. The molecule has 7 heteroatoms. The average molecular weight is 398 g/mol. The summed E-state index contributed by atoms with van der Waals surface area (Å²) in [5.74, 6) is -1.49. The normalized spacial score (nSPS) is 20.7. The van der Waals surface area contributed by atoms with Crippen LogP contribution in [-0.4, -0.2) is 58.7 Å². The van der Waals surface area contributed by atoms with Crippen LogP contribution in [0.15, 0.2) is 18.2 Å².